The molecule has 1 saturated heterocycles. The van der Waals surface area contributed by atoms with Gasteiger partial charge in [-0.2, -0.15) is 4.98 Å². The minimum absolute atomic E-state index is 0.0334. The lowest BCUT2D eigenvalue weighted by atomic mass is 10.1. The zero-order valence-electron chi connectivity index (χ0n) is 13.7. The minimum Gasteiger partial charge on any atom is -0.497 e. The molecule has 6 heteroatoms. The second-order valence-corrected chi connectivity index (χ2v) is 5.43. The summed E-state index contributed by atoms with van der Waals surface area (Å²) in [7, 11) is 3.28. The standard InChI is InChI=1S/C17H21N3O3/c1-12-9-16(22-3)19-17(18-12)20-7-8-23-15(11-20)13-5-4-6-14(10-13)21-2/h4-6,9-10,15H,7-8,11H2,1-3H3. The average Bonchev–Trinajstić information content (AvgIpc) is 2.61. The topological polar surface area (TPSA) is 56.7 Å². The average molecular weight is 315 g/mol. The van der Waals surface area contributed by atoms with Gasteiger partial charge in [-0.05, 0) is 24.6 Å². The van der Waals surface area contributed by atoms with E-state index in [1.54, 1.807) is 14.2 Å². The first kappa shape index (κ1) is 15.6. The van der Waals surface area contributed by atoms with Gasteiger partial charge in [-0.15, -0.1) is 0 Å². The van der Waals surface area contributed by atoms with E-state index < -0.39 is 0 Å². The molecule has 0 aliphatic carbocycles. The fourth-order valence-corrected chi connectivity index (χ4v) is 2.64. The van der Waals surface area contributed by atoms with Gasteiger partial charge in [0.25, 0.3) is 0 Å². The van der Waals surface area contributed by atoms with Crippen molar-refractivity contribution in [3.8, 4) is 11.6 Å². The van der Waals surface area contributed by atoms with Crippen LogP contribution in [-0.2, 0) is 4.74 Å². The Labute approximate surface area is 136 Å². The van der Waals surface area contributed by atoms with Crippen LogP contribution in [0.5, 0.6) is 11.6 Å². The molecule has 122 valence electrons. The van der Waals surface area contributed by atoms with Crippen LogP contribution in [0.25, 0.3) is 0 Å². The second kappa shape index (κ2) is 6.83. The quantitative estimate of drug-likeness (QED) is 0.863. The number of methoxy groups -OCH3 is 2. The molecule has 0 N–H and O–H groups in total. The summed E-state index contributed by atoms with van der Waals surface area (Å²) < 4.78 is 16.5. The van der Waals surface area contributed by atoms with Crippen molar-refractivity contribution in [2.24, 2.45) is 0 Å². The van der Waals surface area contributed by atoms with E-state index >= 15 is 0 Å². The third-order valence-electron chi connectivity index (χ3n) is 3.84. The van der Waals surface area contributed by atoms with Gasteiger partial charge in [0.15, 0.2) is 0 Å². The fourth-order valence-electron chi connectivity index (χ4n) is 2.64. The Kier molecular flexibility index (Phi) is 4.62. The Morgan fingerprint density at radius 3 is 2.83 bits per heavy atom. The predicted molar refractivity (Wildman–Crippen MR) is 87.2 cm³/mol. The number of morpholine rings is 1. The molecule has 2 heterocycles. The van der Waals surface area contributed by atoms with Gasteiger partial charge in [-0.3, -0.25) is 0 Å². The Hall–Kier alpha value is -2.34. The SMILES string of the molecule is COc1cccc(C2CN(c3nc(C)cc(OC)n3)CCO2)c1. The molecule has 1 fully saturated rings. The Balaban J connectivity index is 1.81. The van der Waals surface area contributed by atoms with Crippen molar-refractivity contribution in [1.29, 1.82) is 0 Å². The molecular formula is C17H21N3O3. The monoisotopic (exact) mass is 315 g/mol. The van der Waals surface area contributed by atoms with Crippen LogP contribution in [0.1, 0.15) is 17.4 Å². The first-order chi connectivity index (χ1) is 11.2. The van der Waals surface area contributed by atoms with Gasteiger partial charge in [-0.1, -0.05) is 12.1 Å². The van der Waals surface area contributed by atoms with E-state index in [2.05, 4.69) is 14.9 Å². The largest absolute Gasteiger partial charge is 0.497 e. The first-order valence-electron chi connectivity index (χ1n) is 7.60. The van der Waals surface area contributed by atoms with Gasteiger partial charge in [0.2, 0.25) is 11.8 Å². The number of rotatable bonds is 4. The molecule has 6 nitrogen and oxygen atoms in total. The molecule has 1 aromatic carbocycles. The molecule has 0 amide bonds. The van der Waals surface area contributed by atoms with Crippen molar-refractivity contribution in [1.82, 2.24) is 9.97 Å². The fraction of sp³-hybridized carbons (Fsp3) is 0.412. The Morgan fingerprint density at radius 2 is 2.04 bits per heavy atom. The zero-order chi connectivity index (χ0) is 16.2. The number of aromatic nitrogens is 2. The molecule has 0 spiro atoms. The van der Waals surface area contributed by atoms with E-state index in [4.69, 9.17) is 14.2 Å². The minimum atomic E-state index is -0.0334. The van der Waals surface area contributed by atoms with Crippen LogP contribution in [0.4, 0.5) is 5.95 Å². The van der Waals surface area contributed by atoms with E-state index in [1.807, 2.05) is 37.3 Å². The lowest BCUT2D eigenvalue weighted by Gasteiger charge is -2.33. The summed E-state index contributed by atoms with van der Waals surface area (Å²) in [6, 6.07) is 9.78. The number of ether oxygens (including phenoxy) is 3. The molecule has 0 bridgehead atoms. The van der Waals surface area contributed by atoms with Crippen LogP contribution in [0.3, 0.4) is 0 Å². The van der Waals surface area contributed by atoms with E-state index in [0.717, 1.165) is 23.6 Å². The van der Waals surface area contributed by atoms with Gasteiger partial charge in [-0.25, -0.2) is 4.98 Å². The molecule has 1 aliphatic rings. The highest BCUT2D eigenvalue weighted by atomic mass is 16.5. The highest BCUT2D eigenvalue weighted by Crippen LogP contribution is 2.27. The Morgan fingerprint density at radius 1 is 1.17 bits per heavy atom. The molecule has 0 radical (unpaired) electrons. The van der Waals surface area contributed by atoms with Crippen molar-refractivity contribution in [3.05, 3.63) is 41.6 Å². The van der Waals surface area contributed by atoms with Crippen molar-refractivity contribution >= 4 is 5.95 Å². The molecule has 1 unspecified atom stereocenters. The van der Waals surface area contributed by atoms with Gasteiger partial charge in [0.1, 0.15) is 11.9 Å². The summed E-state index contributed by atoms with van der Waals surface area (Å²) in [5.74, 6) is 2.09. The number of nitrogens with zero attached hydrogens (tertiary/aromatic N) is 3. The smallest absolute Gasteiger partial charge is 0.229 e. The molecule has 1 atom stereocenters. The van der Waals surface area contributed by atoms with Crippen molar-refractivity contribution < 1.29 is 14.2 Å². The van der Waals surface area contributed by atoms with Crippen molar-refractivity contribution in [2.45, 2.75) is 13.0 Å². The zero-order valence-corrected chi connectivity index (χ0v) is 13.7. The third-order valence-corrected chi connectivity index (χ3v) is 3.84. The maximum atomic E-state index is 5.92. The highest BCUT2D eigenvalue weighted by molar-refractivity contribution is 5.37. The van der Waals surface area contributed by atoms with Crippen LogP contribution < -0.4 is 14.4 Å². The van der Waals surface area contributed by atoms with Crippen molar-refractivity contribution in [2.75, 3.05) is 38.8 Å². The van der Waals surface area contributed by atoms with E-state index in [0.29, 0.717) is 25.0 Å². The molecule has 23 heavy (non-hydrogen) atoms. The normalized spacial score (nSPS) is 17.9. The van der Waals surface area contributed by atoms with Crippen molar-refractivity contribution in [3.63, 3.8) is 0 Å². The molecule has 0 saturated carbocycles. The maximum Gasteiger partial charge on any atom is 0.229 e. The second-order valence-electron chi connectivity index (χ2n) is 5.43. The molecular weight excluding hydrogens is 294 g/mol. The molecule has 1 aromatic heterocycles. The van der Waals surface area contributed by atoms with Gasteiger partial charge >= 0.3 is 0 Å². The summed E-state index contributed by atoms with van der Waals surface area (Å²) in [4.78, 5) is 11.1. The lowest BCUT2D eigenvalue weighted by molar-refractivity contribution is 0.0390. The van der Waals surface area contributed by atoms with Crippen LogP contribution in [0.2, 0.25) is 0 Å². The first-order valence-corrected chi connectivity index (χ1v) is 7.60. The highest BCUT2D eigenvalue weighted by Gasteiger charge is 2.24. The number of hydrogen-bond acceptors (Lipinski definition) is 6. The number of benzene rings is 1. The maximum absolute atomic E-state index is 5.92. The summed E-state index contributed by atoms with van der Waals surface area (Å²) >= 11 is 0. The van der Waals surface area contributed by atoms with Crippen LogP contribution in [0, 0.1) is 6.92 Å². The molecule has 2 aromatic rings. The summed E-state index contributed by atoms with van der Waals surface area (Å²) in [6.45, 7) is 4.02. The summed E-state index contributed by atoms with van der Waals surface area (Å²) in [6.07, 6.45) is -0.0334. The van der Waals surface area contributed by atoms with E-state index in [1.165, 1.54) is 0 Å². The molecule has 3 rings (SSSR count). The number of hydrogen-bond donors (Lipinski definition) is 0. The van der Waals surface area contributed by atoms with Crippen LogP contribution in [0.15, 0.2) is 30.3 Å². The lowest BCUT2D eigenvalue weighted by Crippen LogP contribution is -2.39. The van der Waals surface area contributed by atoms with E-state index in [9.17, 15) is 0 Å². The van der Waals surface area contributed by atoms with Gasteiger partial charge in [0.05, 0.1) is 27.4 Å². The predicted octanol–water partition coefficient (Wildman–Crippen LogP) is 2.38. The third kappa shape index (κ3) is 3.53. The van der Waals surface area contributed by atoms with Crippen LogP contribution in [-0.4, -0.2) is 43.9 Å². The summed E-state index contributed by atoms with van der Waals surface area (Å²) in [5, 5.41) is 0. The Bertz CT molecular complexity index is 678. The molecule has 1 aliphatic heterocycles. The number of aryl methyl sites for hydroxylation is 1. The van der Waals surface area contributed by atoms with Gasteiger partial charge in [0, 0.05) is 18.3 Å². The number of anilines is 1. The van der Waals surface area contributed by atoms with E-state index in [-0.39, 0.29) is 6.10 Å². The van der Waals surface area contributed by atoms with Gasteiger partial charge < -0.3 is 19.1 Å². The van der Waals surface area contributed by atoms with Crippen LogP contribution >= 0.6 is 0 Å². The summed E-state index contributed by atoms with van der Waals surface area (Å²) in [5.41, 5.74) is 1.98.